The molecule has 1 aliphatic rings. The van der Waals surface area contributed by atoms with E-state index in [1.807, 2.05) is 13.1 Å². The summed E-state index contributed by atoms with van der Waals surface area (Å²) < 4.78 is 18.8. The molecule has 0 radical (unpaired) electrons. The van der Waals surface area contributed by atoms with Gasteiger partial charge in [-0.05, 0) is 44.3 Å². The van der Waals surface area contributed by atoms with E-state index in [1.165, 1.54) is 0 Å². The van der Waals surface area contributed by atoms with Crippen LogP contribution >= 0.6 is 0 Å². The molecule has 1 unspecified atom stereocenters. The van der Waals surface area contributed by atoms with Crippen molar-refractivity contribution in [2.45, 2.75) is 103 Å². The van der Waals surface area contributed by atoms with Gasteiger partial charge in [-0.15, -0.1) is 0 Å². The Morgan fingerprint density at radius 2 is 1.73 bits per heavy atom. The van der Waals surface area contributed by atoms with Gasteiger partial charge in [0.15, 0.2) is 8.32 Å². The molecule has 0 amide bonds. The maximum absolute atomic E-state index is 10.8. The van der Waals surface area contributed by atoms with E-state index < -0.39 is 13.9 Å². The minimum Gasteiger partial charge on any atom is -0.432 e. The molecule has 0 aromatic rings. The average molecular weight is 386 g/mol. The predicted octanol–water partition coefficient (Wildman–Crippen LogP) is 3.72. The van der Waals surface area contributed by atoms with E-state index >= 15 is 0 Å². The molecular weight excluding hydrogens is 343 g/mol. The minimum absolute atomic E-state index is 0.0151. The van der Waals surface area contributed by atoms with Crippen LogP contribution in [0.5, 0.6) is 0 Å². The van der Waals surface area contributed by atoms with Crippen LogP contribution < -0.4 is 0 Å². The van der Waals surface area contributed by atoms with Crippen molar-refractivity contribution >= 4 is 16.2 Å². The largest absolute Gasteiger partial charge is 0.432 e. The van der Waals surface area contributed by atoms with E-state index in [1.54, 1.807) is 0 Å². The van der Waals surface area contributed by atoms with Crippen molar-refractivity contribution in [2.75, 3.05) is 19.8 Å². The molecule has 154 valence electrons. The highest BCUT2D eigenvalue weighted by molar-refractivity contribution is 6.72. The number of rotatable bonds is 12. The SMILES string of the molecule is B[C@@H]1O[C@](C)(COCCCC)C(OCCCC)[C@@H]1CC(C)(C)[Si](C)(C)O. The molecule has 6 heteroatoms. The Balaban J connectivity index is 2.92. The zero-order valence-electron chi connectivity index (χ0n) is 18.6. The monoisotopic (exact) mass is 386 g/mol. The van der Waals surface area contributed by atoms with E-state index in [4.69, 9.17) is 14.2 Å². The van der Waals surface area contributed by atoms with E-state index in [9.17, 15) is 4.80 Å². The van der Waals surface area contributed by atoms with Gasteiger partial charge in [-0.2, -0.15) is 0 Å². The van der Waals surface area contributed by atoms with Crippen LogP contribution in [0.15, 0.2) is 0 Å². The van der Waals surface area contributed by atoms with Crippen molar-refractivity contribution < 1.29 is 19.0 Å². The molecule has 0 aromatic carbocycles. The molecule has 0 aliphatic carbocycles. The third-order valence-electron chi connectivity index (χ3n) is 6.28. The molecule has 1 saturated heterocycles. The molecule has 1 aliphatic heterocycles. The minimum atomic E-state index is -2.27. The standard InChI is InChI=1S/C20H43BO4Si/c1-8-10-12-23-15-20(5)17(24-13-11-9-2)16(18(21)25-20)14-19(3,4)26(6,7)22/h16-18,22H,8-15,21H2,1-7H3/t16-,17?,18+,20+/m0/s1. The van der Waals surface area contributed by atoms with Gasteiger partial charge in [-0.1, -0.05) is 40.5 Å². The van der Waals surface area contributed by atoms with Crippen molar-refractivity contribution in [2.24, 2.45) is 5.92 Å². The fourth-order valence-electron chi connectivity index (χ4n) is 3.68. The van der Waals surface area contributed by atoms with Crippen molar-refractivity contribution in [1.29, 1.82) is 0 Å². The lowest BCUT2D eigenvalue weighted by Crippen LogP contribution is -2.47. The van der Waals surface area contributed by atoms with Crippen LogP contribution in [0.4, 0.5) is 0 Å². The first kappa shape index (κ1) is 24.2. The average Bonchev–Trinajstić information content (AvgIpc) is 2.74. The Morgan fingerprint density at radius 1 is 1.15 bits per heavy atom. The third-order valence-corrected chi connectivity index (χ3v) is 9.79. The molecule has 26 heavy (non-hydrogen) atoms. The van der Waals surface area contributed by atoms with E-state index in [0.717, 1.165) is 45.3 Å². The molecule has 1 rings (SSSR count). The molecule has 1 N–H and O–H groups in total. The highest BCUT2D eigenvalue weighted by Crippen LogP contribution is 2.48. The van der Waals surface area contributed by atoms with Gasteiger partial charge < -0.3 is 19.0 Å². The summed E-state index contributed by atoms with van der Waals surface area (Å²) in [7, 11) is -0.122. The molecule has 1 fully saturated rings. The Morgan fingerprint density at radius 3 is 2.27 bits per heavy atom. The fraction of sp³-hybridized carbons (Fsp3) is 1.00. The topological polar surface area (TPSA) is 47.9 Å². The van der Waals surface area contributed by atoms with Gasteiger partial charge in [0.2, 0.25) is 0 Å². The lowest BCUT2D eigenvalue weighted by molar-refractivity contribution is -0.123. The second-order valence-electron chi connectivity index (χ2n) is 9.50. The number of hydrogen-bond acceptors (Lipinski definition) is 4. The first-order valence-corrected chi connectivity index (χ1v) is 13.5. The lowest BCUT2D eigenvalue weighted by atomic mass is 9.77. The summed E-state index contributed by atoms with van der Waals surface area (Å²) in [5, 5.41) is -0.0873. The fourth-order valence-corrected chi connectivity index (χ4v) is 4.42. The maximum atomic E-state index is 10.8. The summed E-state index contributed by atoms with van der Waals surface area (Å²) in [6, 6.07) is 0.108. The second-order valence-corrected chi connectivity index (χ2v) is 14.0. The van der Waals surface area contributed by atoms with E-state index in [2.05, 4.69) is 42.5 Å². The Labute approximate surface area is 163 Å². The first-order chi connectivity index (χ1) is 12.0. The Bertz CT molecular complexity index is 413. The van der Waals surface area contributed by atoms with E-state index in [-0.39, 0.29) is 23.1 Å². The van der Waals surface area contributed by atoms with Crippen LogP contribution in [0.25, 0.3) is 0 Å². The van der Waals surface area contributed by atoms with Crippen LogP contribution in [0.1, 0.15) is 66.7 Å². The summed E-state index contributed by atoms with van der Waals surface area (Å²) in [5.74, 6) is 0.278. The molecule has 0 spiro atoms. The summed E-state index contributed by atoms with van der Waals surface area (Å²) in [5.41, 5.74) is -0.414. The molecule has 0 aromatic heterocycles. The Hall–Kier alpha value is 0.122. The second kappa shape index (κ2) is 10.1. The zero-order valence-corrected chi connectivity index (χ0v) is 19.6. The number of ether oxygens (including phenoxy) is 3. The molecular formula is C20H43BO4Si. The van der Waals surface area contributed by atoms with Crippen LogP contribution in [-0.4, -0.2) is 58.5 Å². The van der Waals surface area contributed by atoms with Gasteiger partial charge in [0.1, 0.15) is 13.4 Å². The maximum Gasteiger partial charge on any atom is 0.188 e. The van der Waals surface area contributed by atoms with Crippen molar-refractivity contribution in [3.05, 3.63) is 0 Å². The summed E-state index contributed by atoms with van der Waals surface area (Å²) >= 11 is 0. The summed E-state index contributed by atoms with van der Waals surface area (Å²) in [6.07, 6.45) is 5.34. The normalized spacial score (nSPS) is 30.1. The van der Waals surface area contributed by atoms with Crippen LogP contribution in [0.2, 0.25) is 18.1 Å². The smallest absolute Gasteiger partial charge is 0.188 e. The molecule has 4 atom stereocenters. The van der Waals surface area contributed by atoms with E-state index in [0.29, 0.717) is 6.61 Å². The highest BCUT2D eigenvalue weighted by atomic mass is 28.4. The predicted molar refractivity (Wildman–Crippen MR) is 114 cm³/mol. The van der Waals surface area contributed by atoms with Gasteiger partial charge in [-0.25, -0.2) is 0 Å². The Kier molecular flexibility index (Phi) is 9.35. The van der Waals surface area contributed by atoms with Crippen molar-refractivity contribution in [3.63, 3.8) is 0 Å². The van der Waals surface area contributed by atoms with Crippen LogP contribution in [0, 0.1) is 5.92 Å². The van der Waals surface area contributed by atoms with Gasteiger partial charge in [0, 0.05) is 25.1 Å². The van der Waals surface area contributed by atoms with Crippen molar-refractivity contribution in [1.82, 2.24) is 0 Å². The van der Waals surface area contributed by atoms with Crippen LogP contribution in [-0.2, 0) is 14.2 Å². The van der Waals surface area contributed by atoms with Gasteiger partial charge >= 0.3 is 0 Å². The zero-order chi connectivity index (χ0) is 20.0. The molecule has 0 bridgehead atoms. The van der Waals surface area contributed by atoms with Gasteiger partial charge in [0.05, 0.1) is 12.7 Å². The summed E-state index contributed by atoms with van der Waals surface area (Å²) in [6.45, 7) is 17.1. The third kappa shape index (κ3) is 6.33. The summed E-state index contributed by atoms with van der Waals surface area (Å²) in [4.78, 5) is 10.8. The quantitative estimate of drug-likeness (QED) is 0.410. The first-order valence-electron chi connectivity index (χ1n) is 10.6. The highest BCUT2D eigenvalue weighted by Gasteiger charge is 2.54. The van der Waals surface area contributed by atoms with Gasteiger partial charge in [0.25, 0.3) is 0 Å². The van der Waals surface area contributed by atoms with Crippen molar-refractivity contribution in [3.8, 4) is 0 Å². The van der Waals surface area contributed by atoms with Gasteiger partial charge in [-0.3, -0.25) is 0 Å². The molecule has 0 saturated carbocycles. The molecule has 4 nitrogen and oxygen atoms in total. The molecule has 1 heterocycles. The number of hydrogen-bond donors (Lipinski definition) is 1. The lowest BCUT2D eigenvalue weighted by Gasteiger charge is -2.40. The number of unbranched alkanes of at least 4 members (excludes halogenated alkanes) is 2. The van der Waals surface area contributed by atoms with Crippen LogP contribution in [0.3, 0.4) is 0 Å².